The fraction of sp³-hybridized carbons (Fsp3) is 0.647. The third-order valence-corrected chi connectivity index (χ3v) is 4.95. The van der Waals surface area contributed by atoms with Crippen molar-refractivity contribution >= 4 is 17.3 Å². The Kier molecular flexibility index (Phi) is 5.91. The number of likely N-dealkylation sites (N-methyl/N-ethyl adjacent to an activating group) is 1. The lowest BCUT2D eigenvalue weighted by molar-refractivity contribution is 0.199. The minimum atomic E-state index is 0.179. The Morgan fingerprint density at radius 2 is 2.10 bits per heavy atom. The van der Waals surface area contributed by atoms with E-state index in [0.717, 1.165) is 44.0 Å². The van der Waals surface area contributed by atoms with Crippen molar-refractivity contribution < 1.29 is 0 Å². The number of piperazine rings is 1. The molecule has 1 aliphatic heterocycles. The maximum atomic E-state index is 6.45. The van der Waals surface area contributed by atoms with E-state index in [4.69, 9.17) is 17.3 Å². The van der Waals surface area contributed by atoms with E-state index in [1.807, 2.05) is 6.07 Å². The molecular formula is C17H28ClN3. The lowest BCUT2D eigenvalue weighted by Gasteiger charge is -2.41. The zero-order valence-corrected chi connectivity index (χ0v) is 14.2. The molecular weight excluding hydrogens is 282 g/mol. The number of nitrogens with two attached hydrogens (primary N) is 1. The van der Waals surface area contributed by atoms with Crippen molar-refractivity contribution in [2.75, 3.05) is 31.1 Å². The van der Waals surface area contributed by atoms with Crippen LogP contribution in [0.15, 0.2) is 18.2 Å². The van der Waals surface area contributed by atoms with Gasteiger partial charge in [0.2, 0.25) is 0 Å². The fourth-order valence-electron chi connectivity index (χ4n) is 3.14. The van der Waals surface area contributed by atoms with Gasteiger partial charge in [-0.15, -0.1) is 0 Å². The number of benzene rings is 1. The van der Waals surface area contributed by atoms with Gasteiger partial charge in [0, 0.05) is 42.4 Å². The van der Waals surface area contributed by atoms with E-state index >= 15 is 0 Å². The molecule has 0 spiro atoms. The molecule has 2 N–H and O–H groups in total. The van der Waals surface area contributed by atoms with Gasteiger partial charge in [-0.25, -0.2) is 0 Å². The zero-order valence-electron chi connectivity index (χ0n) is 13.5. The highest BCUT2D eigenvalue weighted by Gasteiger charge is 2.24. The van der Waals surface area contributed by atoms with Crippen molar-refractivity contribution in [1.29, 1.82) is 0 Å². The molecule has 1 aliphatic rings. The molecule has 0 radical (unpaired) electrons. The van der Waals surface area contributed by atoms with Crippen LogP contribution in [0, 0.1) is 0 Å². The van der Waals surface area contributed by atoms with Gasteiger partial charge in [-0.05, 0) is 44.0 Å². The van der Waals surface area contributed by atoms with E-state index in [9.17, 15) is 0 Å². The molecule has 1 aromatic rings. The number of rotatable bonds is 5. The first-order valence-corrected chi connectivity index (χ1v) is 8.46. The van der Waals surface area contributed by atoms with Gasteiger partial charge in [0.25, 0.3) is 0 Å². The number of hydrogen-bond donors (Lipinski definition) is 1. The molecule has 1 fully saturated rings. The number of nitrogens with zero attached hydrogens (tertiary/aromatic N) is 2. The maximum Gasteiger partial charge on any atom is 0.0459 e. The molecule has 0 aromatic heterocycles. The lowest BCUT2D eigenvalue weighted by Crippen LogP contribution is -2.52. The van der Waals surface area contributed by atoms with Crippen molar-refractivity contribution in [1.82, 2.24) is 4.90 Å². The van der Waals surface area contributed by atoms with Crippen molar-refractivity contribution in [3.05, 3.63) is 28.8 Å². The Labute approximate surface area is 134 Å². The molecule has 1 saturated heterocycles. The lowest BCUT2D eigenvalue weighted by atomic mass is 10.0. The zero-order chi connectivity index (χ0) is 15.4. The molecule has 1 heterocycles. The molecule has 2 atom stereocenters. The largest absolute Gasteiger partial charge is 0.368 e. The predicted octanol–water partition coefficient (Wildman–Crippen LogP) is 3.15. The van der Waals surface area contributed by atoms with Crippen LogP contribution in [0.5, 0.6) is 0 Å². The highest BCUT2D eigenvalue weighted by molar-refractivity contribution is 6.31. The van der Waals surface area contributed by atoms with Crippen LogP contribution in [0.1, 0.15) is 32.8 Å². The van der Waals surface area contributed by atoms with Crippen LogP contribution in [0.25, 0.3) is 0 Å². The minimum absolute atomic E-state index is 0.179. The van der Waals surface area contributed by atoms with Gasteiger partial charge in [-0.3, -0.25) is 4.90 Å². The van der Waals surface area contributed by atoms with Gasteiger partial charge in [-0.1, -0.05) is 31.5 Å². The SMILES string of the molecule is CCC(N)Cc1c(Cl)cccc1N1CCN(CC)C(C)C1. The average molecular weight is 310 g/mol. The third kappa shape index (κ3) is 3.91. The van der Waals surface area contributed by atoms with Crippen LogP contribution < -0.4 is 10.6 Å². The smallest absolute Gasteiger partial charge is 0.0459 e. The molecule has 118 valence electrons. The van der Waals surface area contributed by atoms with Gasteiger partial charge in [0.05, 0.1) is 0 Å². The van der Waals surface area contributed by atoms with E-state index in [2.05, 4.69) is 42.7 Å². The van der Waals surface area contributed by atoms with E-state index in [1.54, 1.807) is 0 Å². The summed E-state index contributed by atoms with van der Waals surface area (Å²) in [6.07, 6.45) is 1.83. The summed E-state index contributed by atoms with van der Waals surface area (Å²) < 4.78 is 0. The average Bonchev–Trinajstić information content (AvgIpc) is 2.49. The quantitative estimate of drug-likeness (QED) is 0.907. The standard InChI is InChI=1S/C17H28ClN3/c1-4-14(19)11-15-16(18)7-6-8-17(15)21-10-9-20(5-2)13(3)12-21/h6-8,13-14H,4-5,9-12,19H2,1-3H3. The number of halogens is 1. The Hall–Kier alpha value is -0.770. The van der Waals surface area contributed by atoms with Crippen LogP contribution >= 0.6 is 11.6 Å². The summed E-state index contributed by atoms with van der Waals surface area (Å²) in [6, 6.07) is 6.98. The highest BCUT2D eigenvalue weighted by Crippen LogP contribution is 2.30. The van der Waals surface area contributed by atoms with Crippen LogP contribution in [-0.4, -0.2) is 43.2 Å². The van der Waals surface area contributed by atoms with Gasteiger partial charge >= 0.3 is 0 Å². The number of anilines is 1. The van der Waals surface area contributed by atoms with Gasteiger partial charge in [0.1, 0.15) is 0 Å². The monoisotopic (exact) mass is 309 g/mol. The summed E-state index contributed by atoms with van der Waals surface area (Å²) in [5.41, 5.74) is 8.64. The first-order valence-electron chi connectivity index (χ1n) is 8.08. The summed E-state index contributed by atoms with van der Waals surface area (Å²) in [5, 5.41) is 0.849. The molecule has 0 bridgehead atoms. The second-order valence-electron chi connectivity index (χ2n) is 6.03. The second-order valence-corrected chi connectivity index (χ2v) is 6.44. The van der Waals surface area contributed by atoms with Gasteiger partial charge in [-0.2, -0.15) is 0 Å². The van der Waals surface area contributed by atoms with Crippen LogP contribution in [0.3, 0.4) is 0 Å². The topological polar surface area (TPSA) is 32.5 Å². The molecule has 2 rings (SSSR count). The van der Waals surface area contributed by atoms with Crippen molar-refractivity contribution in [2.24, 2.45) is 5.73 Å². The van der Waals surface area contributed by atoms with Crippen LogP contribution in [-0.2, 0) is 6.42 Å². The number of hydrogen-bond acceptors (Lipinski definition) is 3. The van der Waals surface area contributed by atoms with Crippen LogP contribution in [0.4, 0.5) is 5.69 Å². The molecule has 21 heavy (non-hydrogen) atoms. The Morgan fingerprint density at radius 1 is 1.33 bits per heavy atom. The summed E-state index contributed by atoms with van der Waals surface area (Å²) in [4.78, 5) is 5.00. The molecule has 3 nitrogen and oxygen atoms in total. The summed E-state index contributed by atoms with van der Waals surface area (Å²) >= 11 is 6.45. The Morgan fingerprint density at radius 3 is 2.71 bits per heavy atom. The molecule has 4 heteroatoms. The van der Waals surface area contributed by atoms with Crippen molar-refractivity contribution in [2.45, 2.75) is 45.7 Å². The van der Waals surface area contributed by atoms with Gasteiger partial charge < -0.3 is 10.6 Å². The highest BCUT2D eigenvalue weighted by atomic mass is 35.5. The minimum Gasteiger partial charge on any atom is -0.368 e. The second kappa shape index (κ2) is 7.48. The van der Waals surface area contributed by atoms with Gasteiger partial charge in [0.15, 0.2) is 0 Å². The normalized spacial score (nSPS) is 21.6. The summed E-state index contributed by atoms with van der Waals surface area (Å²) in [6.45, 7) is 11.0. The molecule has 1 aromatic carbocycles. The molecule has 0 aliphatic carbocycles. The van der Waals surface area contributed by atoms with Crippen molar-refractivity contribution in [3.8, 4) is 0 Å². The summed E-state index contributed by atoms with van der Waals surface area (Å²) in [5.74, 6) is 0. The predicted molar refractivity (Wildman–Crippen MR) is 92.3 cm³/mol. The first kappa shape index (κ1) is 16.6. The first-order chi connectivity index (χ1) is 10.1. The van der Waals surface area contributed by atoms with E-state index in [1.165, 1.54) is 11.3 Å². The molecule has 2 unspecified atom stereocenters. The van der Waals surface area contributed by atoms with E-state index in [0.29, 0.717) is 6.04 Å². The molecule has 0 saturated carbocycles. The van der Waals surface area contributed by atoms with E-state index < -0.39 is 0 Å². The van der Waals surface area contributed by atoms with E-state index in [-0.39, 0.29) is 6.04 Å². The fourth-order valence-corrected chi connectivity index (χ4v) is 3.38. The third-order valence-electron chi connectivity index (χ3n) is 4.60. The Bertz CT molecular complexity index is 463. The maximum absolute atomic E-state index is 6.45. The summed E-state index contributed by atoms with van der Waals surface area (Å²) in [7, 11) is 0. The van der Waals surface area contributed by atoms with Crippen LogP contribution in [0.2, 0.25) is 5.02 Å². The molecule has 0 amide bonds. The van der Waals surface area contributed by atoms with Crippen molar-refractivity contribution in [3.63, 3.8) is 0 Å². The Balaban J connectivity index is 2.21.